The number of hydrogen-bond donors (Lipinski definition) is 2. The molecule has 0 bridgehead atoms. The van der Waals surface area contributed by atoms with E-state index in [4.69, 9.17) is 4.74 Å². The summed E-state index contributed by atoms with van der Waals surface area (Å²) in [5.74, 6) is 1.44. The fourth-order valence-electron chi connectivity index (χ4n) is 2.16. The van der Waals surface area contributed by atoms with Gasteiger partial charge in [-0.15, -0.1) is 24.0 Å². The number of hydrogen-bond acceptors (Lipinski definition) is 4. The molecular weight excluding hydrogens is 447 g/mol. The van der Waals surface area contributed by atoms with Crippen LogP contribution in [0.25, 0.3) is 0 Å². The van der Waals surface area contributed by atoms with Crippen LogP contribution in [0.4, 0.5) is 5.69 Å². The minimum absolute atomic E-state index is 0. The average Bonchev–Trinajstić information content (AvgIpc) is 2.63. The number of non-ortho nitro benzene ring substituents is 1. The molecule has 0 aliphatic heterocycles. The van der Waals surface area contributed by atoms with Crippen molar-refractivity contribution in [3.8, 4) is 5.75 Å². The Morgan fingerprint density at radius 2 is 1.92 bits per heavy atom. The fourth-order valence-corrected chi connectivity index (χ4v) is 2.16. The van der Waals surface area contributed by atoms with Gasteiger partial charge in [0, 0.05) is 25.7 Å². The predicted octanol–water partition coefficient (Wildman–Crippen LogP) is 3.27. The summed E-state index contributed by atoms with van der Waals surface area (Å²) >= 11 is 0. The maximum atomic E-state index is 10.8. The molecule has 0 spiro atoms. The van der Waals surface area contributed by atoms with Crippen LogP contribution in [0.1, 0.15) is 11.1 Å². The molecule has 140 valence electrons. The second kappa shape index (κ2) is 11.3. The second-order valence-electron chi connectivity index (χ2n) is 5.44. The van der Waals surface area contributed by atoms with Crippen LogP contribution in [-0.4, -0.2) is 31.1 Å². The number of nitrogens with zero attached hydrogens (tertiary/aromatic N) is 2. The molecule has 2 aromatic carbocycles. The Balaban J connectivity index is 0.00000338. The molecule has 0 radical (unpaired) electrons. The second-order valence-corrected chi connectivity index (χ2v) is 5.44. The molecule has 2 aromatic rings. The SMILES string of the molecule is CN=C(NCCOc1ccc(C)cc1)NCc1cccc([N+](=O)[O-])c1.I. The maximum absolute atomic E-state index is 10.8. The molecular formula is C18H23IN4O3. The number of aryl methyl sites for hydroxylation is 1. The molecule has 2 rings (SSSR count). The van der Waals surface area contributed by atoms with Gasteiger partial charge in [-0.3, -0.25) is 15.1 Å². The molecule has 0 fully saturated rings. The fraction of sp³-hybridized carbons (Fsp3) is 0.278. The van der Waals surface area contributed by atoms with E-state index in [2.05, 4.69) is 15.6 Å². The molecule has 0 saturated carbocycles. The van der Waals surface area contributed by atoms with Crippen LogP contribution in [0, 0.1) is 17.0 Å². The minimum Gasteiger partial charge on any atom is -0.492 e. The quantitative estimate of drug-likeness (QED) is 0.162. The number of benzene rings is 2. The Labute approximate surface area is 170 Å². The molecule has 7 nitrogen and oxygen atoms in total. The van der Waals surface area contributed by atoms with Crippen molar-refractivity contribution in [2.45, 2.75) is 13.5 Å². The summed E-state index contributed by atoms with van der Waals surface area (Å²) in [7, 11) is 1.67. The molecule has 0 amide bonds. The molecule has 0 saturated heterocycles. The zero-order chi connectivity index (χ0) is 18.1. The summed E-state index contributed by atoms with van der Waals surface area (Å²) in [6, 6.07) is 14.4. The van der Waals surface area contributed by atoms with Crippen molar-refractivity contribution in [1.29, 1.82) is 0 Å². The van der Waals surface area contributed by atoms with Gasteiger partial charge in [0.05, 0.1) is 11.5 Å². The van der Waals surface area contributed by atoms with Crippen LogP contribution in [0.5, 0.6) is 5.75 Å². The van der Waals surface area contributed by atoms with Crippen molar-refractivity contribution in [2.24, 2.45) is 4.99 Å². The first kappa shape index (κ1) is 21.7. The van der Waals surface area contributed by atoms with Gasteiger partial charge in [-0.25, -0.2) is 0 Å². The molecule has 0 aromatic heterocycles. The van der Waals surface area contributed by atoms with Crippen LogP contribution >= 0.6 is 24.0 Å². The Kier molecular flexibility index (Phi) is 9.42. The highest BCUT2D eigenvalue weighted by Gasteiger charge is 2.06. The number of nitro benzene ring substituents is 1. The topological polar surface area (TPSA) is 88.8 Å². The summed E-state index contributed by atoms with van der Waals surface area (Å²) < 4.78 is 5.64. The van der Waals surface area contributed by atoms with Gasteiger partial charge in [0.1, 0.15) is 12.4 Å². The van der Waals surface area contributed by atoms with E-state index in [0.29, 0.717) is 25.7 Å². The van der Waals surface area contributed by atoms with Gasteiger partial charge in [-0.05, 0) is 24.6 Å². The molecule has 0 aliphatic rings. The molecule has 0 unspecified atom stereocenters. The van der Waals surface area contributed by atoms with E-state index >= 15 is 0 Å². The normalized spacial score (nSPS) is 10.6. The summed E-state index contributed by atoms with van der Waals surface area (Å²) in [6.45, 7) is 3.56. The van der Waals surface area contributed by atoms with Crippen LogP contribution in [-0.2, 0) is 6.54 Å². The van der Waals surface area contributed by atoms with Crippen molar-refractivity contribution in [3.05, 3.63) is 69.8 Å². The predicted molar refractivity (Wildman–Crippen MR) is 113 cm³/mol. The summed E-state index contributed by atoms with van der Waals surface area (Å²) in [6.07, 6.45) is 0. The van der Waals surface area contributed by atoms with Crippen LogP contribution in [0.3, 0.4) is 0 Å². The van der Waals surface area contributed by atoms with E-state index < -0.39 is 4.92 Å². The third-order valence-corrected chi connectivity index (χ3v) is 3.49. The van der Waals surface area contributed by atoms with Crippen LogP contribution in [0.15, 0.2) is 53.5 Å². The molecule has 8 heteroatoms. The van der Waals surface area contributed by atoms with Gasteiger partial charge < -0.3 is 15.4 Å². The summed E-state index contributed by atoms with van der Waals surface area (Å²) in [4.78, 5) is 14.5. The summed E-state index contributed by atoms with van der Waals surface area (Å²) in [5.41, 5.74) is 2.08. The number of nitro groups is 1. The Bertz CT molecular complexity index is 735. The first-order valence-corrected chi connectivity index (χ1v) is 7.96. The van der Waals surface area contributed by atoms with E-state index in [-0.39, 0.29) is 29.7 Å². The summed E-state index contributed by atoms with van der Waals surface area (Å²) in [5, 5.41) is 17.1. The van der Waals surface area contributed by atoms with E-state index in [1.54, 1.807) is 19.2 Å². The van der Waals surface area contributed by atoms with E-state index in [1.807, 2.05) is 37.3 Å². The van der Waals surface area contributed by atoms with E-state index in [1.165, 1.54) is 11.6 Å². The average molecular weight is 470 g/mol. The molecule has 26 heavy (non-hydrogen) atoms. The van der Waals surface area contributed by atoms with Gasteiger partial charge in [-0.1, -0.05) is 29.8 Å². The highest BCUT2D eigenvalue weighted by Crippen LogP contribution is 2.13. The van der Waals surface area contributed by atoms with Crippen LogP contribution in [0.2, 0.25) is 0 Å². The van der Waals surface area contributed by atoms with Gasteiger partial charge >= 0.3 is 0 Å². The third kappa shape index (κ3) is 7.26. The number of ether oxygens (including phenoxy) is 1. The lowest BCUT2D eigenvalue weighted by atomic mass is 10.2. The van der Waals surface area contributed by atoms with Gasteiger partial charge in [-0.2, -0.15) is 0 Å². The molecule has 0 aliphatic carbocycles. The Morgan fingerprint density at radius 1 is 1.19 bits per heavy atom. The first-order chi connectivity index (χ1) is 12.1. The molecule has 0 atom stereocenters. The van der Waals surface area contributed by atoms with Crippen molar-refractivity contribution in [3.63, 3.8) is 0 Å². The molecule has 2 N–H and O–H groups in total. The zero-order valence-electron chi connectivity index (χ0n) is 14.8. The van der Waals surface area contributed by atoms with Crippen molar-refractivity contribution >= 4 is 35.6 Å². The van der Waals surface area contributed by atoms with Gasteiger partial charge in [0.15, 0.2) is 5.96 Å². The first-order valence-electron chi connectivity index (χ1n) is 7.96. The number of halogens is 1. The monoisotopic (exact) mass is 470 g/mol. The number of nitrogens with one attached hydrogen (secondary N) is 2. The van der Waals surface area contributed by atoms with E-state index in [0.717, 1.165) is 11.3 Å². The Hall–Kier alpha value is -2.36. The lowest BCUT2D eigenvalue weighted by Crippen LogP contribution is -2.38. The van der Waals surface area contributed by atoms with Crippen molar-refractivity contribution < 1.29 is 9.66 Å². The zero-order valence-corrected chi connectivity index (χ0v) is 17.1. The third-order valence-electron chi connectivity index (χ3n) is 3.49. The van der Waals surface area contributed by atoms with Crippen molar-refractivity contribution in [2.75, 3.05) is 20.2 Å². The van der Waals surface area contributed by atoms with Crippen molar-refractivity contribution in [1.82, 2.24) is 10.6 Å². The molecule has 0 heterocycles. The highest BCUT2D eigenvalue weighted by atomic mass is 127. The highest BCUT2D eigenvalue weighted by molar-refractivity contribution is 14.0. The van der Waals surface area contributed by atoms with Crippen LogP contribution < -0.4 is 15.4 Å². The maximum Gasteiger partial charge on any atom is 0.269 e. The van der Waals surface area contributed by atoms with Gasteiger partial charge in [0.2, 0.25) is 0 Å². The smallest absolute Gasteiger partial charge is 0.269 e. The number of aliphatic imine (C=N–C) groups is 1. The number of guanidine groups is 1. The van der Waals surface area contributed by atoms with E-state index in [9.17, 15) is 10.1 Å². The lowest BCUT2D eigenvalue weighted by Gasteiger charge is -2.12. The minimum atomic E-state index is -0.404. The van der Waals surface area contributed by atoms with Gasteiger partial charge in [0.25, 0.3) is 5.69 Å². The standard InChI is InChI=1S/C18H22N4O3.HI/c1-14-6-8-17(9-7-14)25-11-10-20-18(19-2)21-13-15-4-3-5-16(12-15)22(23)24;/h3-9,12H,10-11,13H2,1-2H3,(H2,19,20,21);1H. The number of rotatable bonds is 7. The Morgan fingerprint density at radius 3 is 2.58 bits per heavy atom. The lowest BCUT2D eigenvalue weighted by molar-refractivity contribution is -0.384. The largest absolute Gasteiger partial charge is 0.492 e.